The van der Waals surface area contributed by atoms with E-state index in [9.17, 15) is 22.8 Å². The van der Waals surface area contributed by atoms with Crippen LogP contribution in [0.5, 0.6) is 0 Å². The van der Waals surface area contributed by atoms with E-state index in [-0.39, 0.29) is 23.4 Å². The third-order valence-electron chi connectivity index (χ3n) is 4.86. The number of nitrogens with one attached hydrogen (secondary N) is 3. The van der Waals surface area contributed by atoms with Crippen molar-refractivity contribution in [2.24, 2.45) is 0 Å². The summed E-state index contributed by atoms with van der Waals surface area (Å²) < 4.78 is 39.5. The third kappa shape index (κ3) is 4.88. The second kappa shape index (κ2) is 7.77. The SMILES string of the molecule is CC(=O)Nc1c(C)cc(NC(=O)NC2CC2c2ccccc2C(F)(F)F)cc1C. The summed E-state index contributed by atoms with van der Waals surface area (Å²) in [5.41, 5.74) is 2.36. The number of hydrogen-bond acceptors (Lipinski definition) is 2. The van der Waals surface area contributed by atoms with Crippen LogP contribution in [0.15, 0.2) is 36.4 Å². The van der Waals surface area contributed by atoms with Crippen LogP contribution in [0.2, 0.25) is 0 Å². The maximum atomic E-state index is 13.2. The highest BCUT2D eigenvalue weighted by molar-refractivity contribution is 5.93. The Morgan fingerprint density at radius 1 is 1.03 bits per heavy atom. The van der Waals surface area contributed by atoms with E-state index in [0.29, 0.717) is 17.8 Å². The molecule has 2 aromatic rings. The zero-order valence-electron chi connectivity index (χ0n) is 16.3. The lowest BCUT2D eigenvalue weighted by molar-refractivity contribution is -0.138. The molecule has 0 aliphatic heterocycles. The Balaban J connectivity index is 1.64. The van der Waals surface area contributed by atoms with E-state index in [0.717, 1.165) is 17.2 Å². The number of hydrogen-bond donors (Lipinski definition) is 3. The predicted molar refractivity (Wildman–Crippen MR) is 105 cm³/mol. The monoisotopic (exact) mass is 405 g/mol. The maximum Gasteiger partial charge on any atom is 0.416 e. The number of urea groups is 1. The molecule has 0 saturated heterocycles. The van der Waals surface area contributed by atoms with Gasteiger partial charge in [0.05, 0.1) is 5.56 Å². The van der Waals surface area contributed by atoms with Crippen LogP contribution in [0, 0.1) is 13.8 Å². The van der Waals surface area contributed by atoms with E-state index in [1.165, 1.54) is 19.1 Å². The molecule has 2 unspecified atom stereocenters. The van der Waals surface area contributed by atoms with Gasteiger partial charge in [0.1, 0.15) is 0 Å². The Morgan fingerprint density at radius 3 is 2.24 bits per heavy atom. The van der Waals surface area contributed by atoms with Crippen molar-refractivity contribution in [3.63, 3.8) is 0 Å². The molecule has 1 aliphatic carbocycles. The summed E-state index contributed by atoms with van der Waals surface area (Å²) in [6.07, 6.45) is -3.96. The van der Waals surface area contributed by atoms with Crippen molar-refractivity contribution < 1.29 is 22.8 Å². The number of alkyl halides is 3. The first-order chi connectivity index (χ1) is 13.6. The third-order valence-corrected chi connectivity index (χ3v) is 4.86. The fourth-order valence-electron chi connectivity index (χ4n) is 3.52. The second-order valence-corrected chi connectivity index (χ2v) is 7.30. The molecular formula is C21H22F3N3O2. The van der Waals surface area contributed by atoms with E-state index in [4.69, 9.17) is 0 Å². The molecule has 1 aliphatic rings. The molecular weight excluding hydrogens is 383 g/mol. The van der Waals surface area contributed by atoms with Crippen molar-refractivity contribution in [2.75, 3.05) is 10.6 Å². The van der Waals surface area contributed by atoms with Gasteiger partial charge in [0.2, 0.25) is 5.91 Å². The van der Waals surface area contributed by atoms with Crippen LogP contribution in [0.4, 0.5) is 29.3 Å². The van der Waals surface area contributed by atoms with Crippen LogP contribution in [0.3, 0.4) is 0 Å². The average molecular weight is 405 g/mol. The number of rotatable bonds is 4. The number of aryl methyl sites for hydroxylation is 2. The summed E-state index contributed by atoms with van der Waals surface area (Å²) in [4.78, 5) is 23.6. The normalized spacial score (nSPS) is 18.1. The summed E-state index contributed by atoms with van der Waals surface area (Å²) in [5.74, 6) is -0.544. The van der Waals surface area contributed by atoms with Crippen molar-refractivity contribution in [3.05, 3.63) is 58.7 Å². The van der Waals surface area contributed by atoms with Crippen molar-refractivity contribution in [1.82, 2.24) is 5.32 Å². The molecule has 3 amide bonds. The highest BCUT2D eigenvalue weighted by Gasteiger charge is 2.44. The maximum absolute atomic E-state index is 13.2. The van der Waals surface area contributed by atoms with E-state index in [1.54, 1.807) is 18.2 Å². The quantitative estimate of drug-likeness (QED) is 0.673. The van der Waals surface area contributed by atoms with Gasteiger partial charge in [-0.15, -0.1) is 0 Å². The van der Waals surface area contributed by atoms with E-state index < -0.39 is 17.8 Å². The molecule has 3 rings (SSSR count). The van der Waals surface area contributed by atoms with Crippen LogP contribution < -0.4 is 16.0 Å². The predicted octanol–water partition coefficient (Wildman–Crippen LogP) is 4.96. The zero-order chi connectivity index (χ0) is 21.3. The van der Waals surface area contributed by atoms with Crippen molar-refractivity contribution in [2.45, 2.75) is 45.3 Å². The molecule has 0 spiro atoms. The Kier molecular flexibility index (Phi) is 5.55. The summed E-state index contributed by atoms with van der Waals surface area (Å²) in [5, 5.41) is 8.18. The molecule has 154 valence electrons. The highest BCUT2D eigenvalue weighted by Crippen LogP contribution is 2.46. The van der Waals surface area contributed by atoms with Gasteiger partial charge in [-0.1, -0.05) is 18.2 Å². The zero-order valence-corrected chi connectivity index (χ0v) is 16.3. The number of amides is 3. The van der Waals surface area contributed by atoms with E-state index in [2.05, 4.69) is 16.0 Å². The molecule has 0 bridgehead atoms. The second-order valence-electron chi connectivity index (χ2n) is 7.30. The lowest BCUT2D eigenvalue weighted by Gasteiger charge is -2.15. The van der Waals surface area contributed by atoms with Crippen molar-refractivity contribution in [1.29, 1.82) is 0 Å². The molecule has 0 heterocycles. The molecule has 1 saturated carbocycles. The molecule has 1 fully saturated rings. The van der Waals surface area contributed by atoms with Gasteiger partial charge in [-0.2, -0.15) is 13.2 Å². The Labute approximate surface area is 166 Å². The van der Waals surface area contributed by atoms with Gasteiger partial charge >= 0.3 is 12.2 Å². The summed E-state index contributed by atoms with van der Waals surface area (Å²) in [6, 6.07) is 8.07. The molecule has 8 heteroatoms. The van der Waals surface area contributed by atoms with E-state index in [1.807, 2.05) is 13.8 Å². The van der Waals surface area contributed by atoms with Crippen molar-refractivity contribution >= 4 is 23.3 Å². The van der Waals surface area contributed by atoms with Gasteiger partial charge in [-0.05, 0) is 55.2 Å². The lowest BCUT2D eigenvalue weighted by Crippen LogP contribution is -2.31. The molecule has 29 heavy (non-hydrogen) atoms. The summed E-state index contributed by atoms with van der Waals surface area (Å²) in [6.45, 7) is 5.04. The smallest absolute Gasteiger partial charge is 0.334 e. The molecule has 0 aromatic heterocycles. The first-order valence-electron chi connectivity index (χ1n) is 9.18. The molecule has 5 nitrogen and oxygen atoms in total. The molecule has 2 atom stereocenters. The molecule has 2 aromatic carbocycles. The summed E-state index contributed by atoms with van der Waals surface area (Å²) in [7, 11) is 0. The van der Waals surface area contributed by atoms with Crippen molar-refractivity contribution in [3.8, 4) is 0 Å². The highest BCUT2D eigenvalue weighted by atomic mass is 19.4. The first kappa shape index (κ1) is 20.7. The topological polar surface area (TPSA) is 70.2 Å². The molecule has 0 radical (unpaired) electrons. The fourth-order valence-corrected chi connectivity index (χ4v) is 3.52. The standard InChI is InChI=1S/C21H22F3N3O2/c1-11-8-14(9-12(2)19(11)25-13(3)28)26-20(29)27-18-10-16(18)15-6-4-5-7-17(15)21(22,23)24/h4-9,16,18H,10H2,1-3H3,(H,25,28)(H2,26,27,29). The minimum absolute atomic E-state index is 0.187. The number of anilines is 2. The van der Waals surface area contributed by atoms with Crippen LogP contribution in [-0.2, 0) is 11.0 Å². The lowest BCUT2D eigenvalue weighted by atomic mass is 10.0. The largest absolute Gasteiger partial charge is 0.416 e. The van der Waals surface area contributed by atoms with Crippen LogP contribution in [-0.4, -0.2) is 18.0 Å². The average Bonchev–Trinajstić information content (AvgIpc) is 3.36. The van der Waals surface area contributed by atoms with Gasteiger partial charge < -0.3 is 16.0 Å². The molecule has 3 N–H and O–H groups in total. The minimum Gasteiger partial charge on any atom is -0.334 e. The van der Waals surface area contributed by atoms with Gasteiger partial charge in [0.25, 0.3) is 0 Å². The minimum atomic E-state index is -4.42. The number of halogens is 3. The van der Waals surface area contributed by atoms with Crippen LogP contribution in [0.25, 0.3) is 0 Å². The first-order valence-corrected chi connectivity index (χ1v) is 9.18. The number of carbonyl (C=O) groups excluding carboxylic acids is 2. The van der Waals surface area contributed by atoms with E-state index >= 15 is 0 Å². The Hall–Kier alpha value is -3.03. The fraction of sp³-hybridized carbons (Fsp3) is 0.333. The van der Waals surface area contributed by atoms with Gasteiger partial charge in [-0.25, -0.2) is 4.79 Å². The van der Waals surface area contributed by atoms with Gasteiger partial charge in [0.15, 0.2) is 0 Å². The van der Waals surface area contributed by atoms with Crippen LogP contribution >= 0.6 is 0 Å². The summed E-state index contributed by atoms with van der Waals surface area (Å²) >= 11 is 0. The van der Waals surface area contributed by atoms with Gasteiger partial charge in [-0.3, -0.25) is 4.79 Å². The number of benzene rings is 2. The Bertz CT molecular complexity index is 933. The van der Waals surface area contributed by atoms with Gasteiger partial charge in [0, 0.05) is 30.3 Å². The Morgan fingerprint density at radius 2 is 1.66 bits per heavy atom. The number of carbonyl (C=O) groups is 2. The van der Waals surface area contributed by atoms with Crippen LogP contribution in [0.1, 0.15) is 41.5 Å².